The van der Waals surface area contributed by atoms with Crippen LogP contribution in [0.2, 0.25) is 0 Å². The van der Waals surface area contributed by atoms with E-state index in [1.165, 1.54) is 12.1 Å². The highest BCUT2D eigenvalue weighted by Crippen LogP contribution is 2.22. The largest absolute Gasteiger partial charge is 0.490 e. The van der Waals surface area contributed by atoms with Gasteiger partial charge in [0.15, 0.2) is 0 Å². The fraction of sp³-hybridized carbons (Fsp3) is 0.588. The molecule has 8 nitrogen and oxygen atoms in total. The number of amides is 1. The number of non-ortho nitro benzene ring substituents is 1. The minimum atomic E-state index is -0.430. The minimum Gasteiger partial charge on any atom is -0.490 e. The van der Waals surface area contributed by atoms with Crippen molar-refractivity contribution in [3.05, 3.63) is 34.4 Å². The van der Waals surface area contributed by atoms with Crippen molar-refractivity contribution >= 4 is 11.6 Å². The molecular formula is C17H23N3O5. The number of nitrogens with zero attached hydrogens (tertiary/aromatic N) is 2. The van der Waals surface area contributed by atoms with Crippen LogP contribution in [0.5, 0.6) is 5.75 Å². The van der Waals surface area contributed by atoms with Gasteiger partial charge in [0.05, 0.1) is 18.1 Å². The predicted octanol–water partition coefficient (Wildman–Crippen LogP) is 1.34. The SMILES string of the molecule is O=C(CC1COCCN1)N1CCC(Oc2ccc([N+](=O)[O-])cc2)CC1. The van der Waals surface area contributed by atoms with Gasteiger partial charge in [-0.25, -0.2) is 0 Å². The first-order valence-corrected chi connectivity index (χ1v) is 8.62. The van der Waals surface area contributed by atoms with Crippen LogP contribution < -0.4 is 10.1 Å². The zero-order valence-corrected chi connectivity index (χ0v) is 14.1. The number of nitro groups is 1. The maximum absolute atomic E-state index is 12.4. The van der Waals surface area contributed by atoms with E-state index in [0.29, 0.717) is 38.5 Å². The summed E-state index contributed by atoms with van der Waals surface area (Å²) in [4.78, 5) is 24.5. The van der Waals surface area contributed by atoms with E-state index in [-0.39, 0.29) is 23.7 Å². The number of carbonyl (C=O) groups excluding carboxylic acids is 1. The highest BCUT2D eigenvalue weighted by molar-refractivity contribution is 5.77. The molecule has 2 aliphatic rings. The van der Waals surface area contributed by atoms with Crippen LogP contribution in [0, 0.1) is 10.1 Å². The maximum atomic E-state index is 12.4. The average Bonchev–Trinajstić information content (AvgIpc) is 2.63. The van der Waals surface area contributed by atoms with Crippen molar-refractivity contribution in [2.45, 2.75) is 31.4 Å². The zero-order valence-electron chi connectivity index (χ0n) is 14.1. The van der Waals surface area contributed by atoms with E-state index in [0.717, 1.165) is 19.4 Å². The third-order valence-corrected chi connectivity index (χ3v) is 4.56. The van der Waals surface area contributed by atoms with Crippen LogP contribution in [0.25, 0.3) is 0 Å². The second kappa shape index (κ2) is 8.26. The molecule has 1 aromatic rings. The Kier molecular flexibility index (Phi) is 5.83. The molecule has 0 radical (unpaired) electrons. The molecule has 1 unspecified atom stereocenters. The van der Waals surface area contributed by atoms with Crippen LogP contribution in [0.1, 0.15) is 19.3 Å². The van der Waals surface area contributed by atoms with Crippen LogP contribution >= 0.6 is 0 Å². The van der Waals surface area contributed by atoms with Crippen LogP contribution in [-0.2, 0) is 9.53 Å². The van der Waals surface area contributed by atoms with Crippen LogP contribution in [0.3, 0.4) is 0 Å². The number of ether oxygens (including phenoxy) is 2. The Morgan fingerprint density at radius 3 is 2.64 bits per heavy atom. The molecule has 2 saturated heterocycles. The van der Waals surface area contributed by atoms with E-state index in [1.54, 1.807) is 12.1 Å². The van der Waals surface area contributed by atoms with Crippen LogP contribution in [0.15, 0.2) is 24.3 Å². The number of rotatable bonds is 5. The van der Waals surface area contributed by atoms with Gasteiger partial charge in [0, 0.05) is 57.1 Å². The van der Waals surface area contributed by atoms with Gasteiger partial charge >= 0.3 is 0 Å². The number of likely N-dealkylation sites (tertiary alicyclic amines) is 1. The molecule has 0 aromatic heterocycles. The van der Waals surface area contributed by atoms with Gasteiger partial charge < -0.3 is 19.7 Å². The molecule has 2 aliphatic heterocycles. The number of hydrogen-bond donors (Lipinski definition) is 1. The van der Waals surface area contributed by atoms with Gasteiger partial charge in [0.25, 0.3) is 5.69 Å². The van der Waals surface area contributed by atoms with Crippen molar-refractivity contribution in [2.24, 2.45) is 0 Å². The highest BCUT2D eigenvalue weighted by Gasteiger charge is 2.26. The van der Waals surface area contributed by atoms with Gasteiger partial charge in [-0.2, -0.15) is 0 Å². The molecule has 1 amide bonds. The second-order valence-electron chi connectivity index (χ2n) is 6.38. The van der Waals surface area contributed by atoms with Crippen molar-refractivity contribution in [2.75, 3.05) is 32.8 Å². The summed E-state index contributed by atoms with van der Waals surface area (Å²) in [5.74, 6) is 0.774. The summed E-state index contributed by atoms with van der Waals surface area (Å²) in [7, 11) is 0. The lowest BCUT2D eigenvalue weighted by molar-refractivity contribution is -0.384. The first-order valence-electron chi connectivity index (χ1n) is 8.62. The monoisotopic (exact) mass is 349 g/mol. The van der Waals surface area contributed by atoms with Crippen molar-refractivity contribution in [3.8, 4) is 5.75 Å². The standard InChI is InChI=1S/C17H23N3O5/c21-17(11-13-12-24-10-7-18-13)19-8-5-16(6-9-19)25-15-3-1-14(2-4-15)20(22)23/h1-4,13,16,18H,5-12H2. The van der Waals surface area contributed by atoms with Crippen LogP contribution in [-0.4, -0.2) is 60.7 Å². The smallest absolute Gasteiger partial charge is 0.269 e. The first kappa shape index (κ1) is 17.6. The minimum absolute atomic E-state index is 0.0293. The van der Waals surface area contributed by atoms with Crippen LogP contribution in [0.4, 0.5) is 5.69 Å². The summed E-state index contributed by atoms with van der Waals surface area (Å²) in [6, 6.07) is 6.21. The van der Waals surface area contributed by atoms with Gasteiger partial charge in [0.1, 0.15) is 11.9 Å². The molecule has 0 aliphatic carbocycles. The number of carbonyl (C=O) groups is 1. The Labute approximate surface area is 146 Å². The number of morpholine rings is 1. The summed E-state index contributed by atoms with van der Waals surface area (Å²) >= 11 is 0. The summed E-state index contributed by atoms with van der Waals surface area (Å²) in [5, 5.41) is 14.0. The quantitative estimate of drug-likeness (QED) is 0.637. The Balaban J connectivity index is 1.43. The lowest BCUT2D eigenvalue weighted by Gasteiger charge is -2.33. The molecule has 1 aromatic carbocycles. The molecule has 1 atom stereocenters. The fourth-order valence-corrected chi connectivity index (χ4v) is 3.15. The Morgan fingerprint density at radius 1 is 1.32 bits per heavy atom. The zero-order chi connectivity index (χ0) is 17.6. The predicted molar refractivity (Wildman–Crippen MR) is 90.6 cm³/mol. The molecule has 25 heavy (non-hydrogen) atoms. The first-order chi connectivity index (χ1) is 12.1. The Hall–Kier alpha value is -2.19. The summed E-state index contributed by atoms with van der Waals surface area (Å²) in [5.41, 5.74) is 0.0491. The van der Waals surface area contributed by atoms with Gasteiger partial charge in [0.2, 0.25) is 5.91 Å². The van der Waals surface area contributed by atoms with E-state index in [9.17, 15) is 14.9 Å². The third-order valence-electron chi connectivity index (χ3n) is 4.56. The molecular weight excluding hydrogens is 326 g/mol. The maximum Gasteiger partial charge on any atom is 0.269 e. The van der Waals surface area contributed by atoms with Gasteiger partial charge in [-0.15, -0.1) is 0 Å². The van der Waals surface area contributed by atoms with E-state index in [1.807, 2.05) is 4.90 Å². The van der Waals surface area contributed by atoms with Crippen molar-refractivity contribution in [3.63, 3.8) is 0 Å². The normalized spacial score (nSPS) is 21.8. The topological polar surface area (TPSA) is 93.9 Å². The third kappa shape index (κ3) is 4.90. The fourth-order valence-electron chi connectivity index (χ4n) is 3.15. The number of nitrogens with one attached hydrogen (secondary N) is 1. The Bertz CT molecular complexity index is 593. The van der Waals surface area contributed by atoms with Gasteiger partial charge in [-0.1, -0.05) is 0 Å². The number of hydrogen-bond acceptors (Lipinski definition) is 6. The number of piperidine rings is 1. The van der Waals surface area contributed by atoms with Gasteiger partial charge in [-0.05, 0) is 12.1 Å². The molecule has 3 rings (SSSR count). The summed E-state index contributed by atoms with van der Waals surface area (Å²) < 4.78 is 11.3. The second-order valence-corrected chi connectivity index (χ2v) is 6.38. The number of benzene rings is 1. The molecule has 0 spiro atoms. The van der Waals surface area contributed by atoms with E-state index in [4.69, 9.17) is 9.47 Å². The van der Waals surface area contributed by atoms with E-state index >= 15 is 0 Å². The summed E-state index contributed by atoms with van der Waals surface area (Å²) in [6.45, 7) is 3.43. The van der Waals surface area contributed by atoms with E-state index < -0.39 is 4.92 Å². The average molecular weight is 349 g/mol. The lowest BCUT2D eigenvalue weighted by Crippen LogP contribution is -2.47. The molecule has 2 heterocycles. The molecule has 2 fully saturated rings. The Morgan fingerprint density at radius 2 is 2.04 bits per heavy atom. The number of nitro benzene ring substituents is 1. The highest BCUT2D eigenvalue weighted by atomic mass is 16.6. The molecule has 136 valence electrons. The summed E-state index contributed by atoms with van der Waals surface area (Å²) in [6.07, 6.45) is 2.02. The van der Waals surface area contributed by atoms with E-state index in [2.05, 4.69) is 5.32 Å². The molecule has 0 saturated carbocycles. The van der Waals surface area contributed by atoms with Crippen molar-refractivity contribution in [1.82, 2.24) is 10.2 Å². The van der Waals surface area contributed by atoms with Crippen molar-refractivity contribution < 1.29 is 19.2 Å². The molecule has 1 N–H and O–H groups in total. The molecule has 8 heteroatoms. The van der Waals surface area contributed by atoms with Gasteiger partial charge in [-0.3, -0.25) is 14.9 Å². The lowest BCUT2D eigenvalue weighted by atomic mass is 10.1. The molecule has 0 bridgehead atoms. The van der Waals surface area contributed by atoms with Crippen molar-refractivity contribution in [1.29, 1.82) is 0 Å².